The van der Waals surface area contributed by atoms with Gasteiger partial charge in [0.25, 0.3) is 0 Å². The Labute approximate surface area is 206 Å². The number of fused-ring (bicyclic) bond motifs is 2. The summed E-state index contributed by atoms with van der Waals surface area (Å²) in [4.78, 5) is 7.92. The van der Waals surface area contributed by atoms with E-state index < -0.39 is 0 Å². The van der Waals surface area contributed by atoms with Gasteiger partial charge in [-0.2, -0.15) is 0 Å². The largest absolute Gasteiger partial charge is 0.356 e. The van der Waals surface area contributed by atoms with E-state index in [2.05, 4.69) is 25.7 Å². The normalized spacial score (nSPS) is 15.8. The van der Waals surface area contributed by atoms with Gasteiger partial charge >= 0.3 is 0 Å². The number of nitrogens with zero attached hydrogens (tertiary/aromatic N) is 4. The molecular formula is C22H24Cl3FN4OS. The monoisotopic (exact) mass is 516 g/mol. The molecule has 5 rings (SSSR count). The van der Waals surface area contributed by atoms with Gasteiger partial charge in [0, 0.05) is 36.6 Å². The molecule has 2 aromatic heterocycles. The summed E-state index contributed by atoms with van der Waals surface area (Å²) >= 11 is 7.85. The Balaban J connectivity index is 0.00000144. The molecule has 4 aromatic rings. The Morgan fingerprint density at radius 3 is 2.72 bits per heavy atom. The van der Waals surface area contributed by atoms with Crippen LogP contribution < -0.4 is 4.80 Å². The average Bonchev–Trinajstić information content (AvgIpc) is 3.29. The number of piperidine rings is 1. The molecule has 32 heavy (non-hydrogen) atoms. The van der Waals surface area contributed by atoms with E-state index in [1.165, 1.54) is 22.3 Å². The predicted octanol–water partition coefficient (Wildman–Crippen LogP) is 5.92. The maximum absolute atomic E-state index is 13.4. The summed E-state index contributed by atoms with van der Waals surface area (Å²) in [6.07, 6.45) is 2.23. The lowest BCUT2D eigenvalue weighted by Crippen LogP contribution is -2.35. The molecule has 10 heteroatoms. The van der Waals surface area contributed by atoms with Crippen molar-refractivity contribution in [3.8, 4) is 0 Å². The van der Waals surface area contributed by atoms with Crippen LogP contribution in [0.15, 0.2) is 45.9 Å². The van der Waals surface area contributed by atoms with Crippen molar-refractivity contribution in [3.05, 3.63) is 57.7 Å². The van der Waals surface area contributed by atoms with Crippen molar-refractivity contribution in [3.63, 3.8) is 0 Å². The lowest BCUT2D eigenvalue weighted by Gasteiger charge is -2.31. The second-order valence-electron chi connectivity index (χ2n) is 7.82. The van der Waals surface area contributed by atoms with Crippen LogP contribution in [0.2, 0.25) is 5.02 Å². The highest BCUT2D eigenvalue weighted by Crippen LogP contribution is 2.27. The summed E-state index contributed by atoms with van der Waals surface area (Å²) in [5.41, 5.74) is 2.59. The summed E-state index contributed by atoms with van der Waals surface area (Å²) in [7, 11) is 1.85. The van der Waals surface area contributed by atoms with E-state index in [9.17, 15) is 4.39 Å². The zero-order valence-electron chi connectivity index (χ0n) is 17.5. The van der Waals surface area contributed by atoms with E-state index in [1.807, 2.05) is 19.2 Å². The van der Waals surface area contributed by atoms with Crippen LogP contribution in [0.1, 0.15) is 18.5 Å². The fourth-order valence-electron chi connectivity index (χ4n) is 4.27. The van der Waals surface area contributed by atoms with Crippen molar-refractivity contribution in [1.82, 2.24) is 14.6 Å². The van der Waals surface area contributed by atoms with Crippen molar-refractivity contribution in [1.29, 1.82) is 0 Å². The zero-order valence-corrected chi connectivity index (χ0v) is 20.7. The van der Waals surface area contributed by atoms with Crippen molar-refractivity contribution >= 4 is 68.9 Å². The first-order valence-corrected chi connectivity index (χ1v) is 11.3. The minimum absolute atomic E-state index is 0. The molecule has 5 nitrogen and oxygen atoms in total. The molecule has 1 aliphatic rings. The molecule has 3 heterocycles. The maximum atomic E-state index is 13.4. The van der Waals surface area contributed by atoms with Crippen LogP contribution in [0.5, 0.6) is 0 Å². The van der Waals surface area contributed by atoms with Crippen LogP contribution in [0.4, 0.5) is 4.39 Å². The summed E-state index contributed by atoms with van der Waals surface area (Å²) < 4.78 is 22.2. The van der Waals surface area contributed by atoms with Gasteiger partial charge in [0.15, 0.2) is 10.4 Å². The maximum Gasteiger partial charge on any atom is 0.185 e. The number of halogens is 4. The molecule has 1 fully saturated rings. The topological polar surface area (TPSA) is 46.6 Å². The molecule has 0 unspecified atom stereocenters. The number of benzene rings is 2. The molecule has 172 valence electrons. The molecule has 2 aromatic carbocycles. The predicted molar refractivity (Wildman–Crippen MR) is 133 cm³/mol. The van der Waals surface area contributed by atoms with E-state index in [1.54, 1.807) is 17.4 Å². The third kappa shape index (κ3) is 4.97. The molecule has 0 radical (unpaired) electrons. The van der Waals surface area contributed by atoms with Gasteiger partial charge in [-0.05, 0) is 62.2 Å². The SMILES string of the molecule is C/N=c1/sc2cc(Cl)ccc2n1CC1CCN(Cc2noc3cc(F)ccc23)CC1.Cl.Cl. The van der Waals surface area contributed by atoms with Gasteiger partial charge in [-0.15, -0.1) is 24.8 Å². The number of likely N-dealkylation sites (tertiary alicyclic amines) is 1. The molecule has 0 bridgehead atoms. The highest BCUT2D eigenvalue weighted by molar-refractivity contribution is 7.16. The standard InChI is InChI=1S/C22H22ClFN4OS.2ClH/c1-25-22-28(19-5-2-15(23)10-21(19)30-22)12-14-6-8-27(9-7-14)13-18-17-4-3-16(24)11-20(17)29-26-18;;/h2-5,10-11,14H,6-9,12-13H2,1H3;2*1H/b25-22+;;. The van der Waals surface area contributed by atoms with Crippen LogP contribution in [-0.4, -0.2) is 34.8 Å². The fraction of sp³-hybridized carbons (Fsp3) is 0.364. The van der Waals surface area contributed by atoms with Gasteiger partial charge in [-0.1, -0.05) is 28.1 Å². The molecule has 0 aliphatic carbocycles. The Morgan fingerprint density at radius 2 is 1.97 bits per heavy atom. The molecule has 0 saturated carbocycles. The molecule has 0 amide bonds. The van der Waals surface area contributed by atoms with Gasteiger partial charge in [0.05, 0.1) is 10.2 Å². The summed E-state index contributed by atoms with van der Waals surface area (Å²) in [6, 6.07) is 10.7. The molecule has 0 N–H and O–H groups in total. The van der Waals surface area contributed by atoms with Crippen LogP contribution in [0.3, 0.4) is 0 Å². The lowest BCUT2D eigenvalue weighted by molar-refractivity contribution is 0.164. The lowest BCUT2D eigenvalue weighted by atomic mass is 9.96. The van der Waals surface area contributed by atoms with Crippen LogP contribution in [0, 0.1) is 11.7 Å². The Bertz CT molecular complexity index is 1280. The zero-order chi connectivity index (χ0) is 20.7. The number of rotatable bonds is 4. The molecule has 1 aliphatic heterocycles. The second kappa shape index (κ2) is 10.5. The smallest absolute Gasteiger partial charge is 0.185 e. The van der Waals surface area contributed by atoms with E-state index >= 15 is 0 Å². The molecule has 0 atom stereocenters. The Morgan fingerprint density at radius 1 is 1.19 bits per heavy atom. The second-order valence-corrected chi connectivity index (χ2v) is 9.27. The minimum atomic E-state index is -0.301. The highest BCUT2D eigenvalue weighted by atomic mass is 35.5. The highest BCUT2D eigenvalue weighted by Gasteiger charge is 2.22. The first-order chi connectivity index (χ1) is 14.6. The van der Waals surface area contributed by atoms with E-state index in [0.717, 1.165) is 59.9 Å². The van der Waals surface area contributed by atoms with E-state index in [0.29, 0.717) is 11.5 Å². The van der Waals surface area contributed by atoms with E-state index in [4.69, 9.17) is 16.1 Å². The third-order valence-electron chi connectivity index (χ3n) is 5.87. The van der Waals surface area contributed by atoms with Gasteiger partial charge < -0.3 is 9.09 Å². The average molecular weight is 518 g/mol. The third-order valence-corrected chi connectivity index (χ3v) is 7.23. The molecule has 0 spiro atoms. The number of aromatic nitrogens is 2. The summed E-state index contributed by atoms with van der Waals surface area (Å²) in [5, 5.41) is 5.82. The number of hydrogen-bond acceptors (Lipinski definition) is 5. The van der Waals surface area contributed by atoms with Crippen LogP contribution >= 0.6 is 47.8 Å². The fourth-order valence-corrected chi connectivity index (χ4v) is 5.54. The van der Waals surface area contributed by atoms with Crippen molar-refractivity contribution in [2.75, 3.05) is 20.1 Å². The first-order valence-electron chi connectivity index (χ1n) is 10.1. The summed E-state index contributed by atoms with van der Waals surface area (Å²) in [5.74, 6) is 0.299. The van der Waals surface area contributed by atoms with Crippen LogP contribution in [-0.2, 0) is 13.1 Å². The van der Waals surface area contributed by atoms with Crippen molar-refractivity contribution in [2.24, 2.45) is 10.9 Å². The van der Waals surface area contributed by atoms with Gasteiger partial charge in [-0.25, -0.2) is 4.39 Å². The van der Waals surface area contributed by atoms with Gasteiger partial charge in [0.2, 0.25) is 0 Å². The number of hydrogen-bond donors (Lipinski definition) is 0. The summed E-state index contributed by atoms with van der Waals surface area (Å²) in [6.45, 7) is 3.71. The first kappa shape index (κ1) is 25.0. The van der Waals surface area contributed by atoms with E-state index in [-0.39, 0.29) is 30.6 Å². The Kier molecular flexibility index (Phi) is 8.22. The van der Waals surface area contributed by atoms with Crippen LogP contribution in [0.25, 0.3) is 21.2 Å². The number of thiazole rings is 1. The van der Waals surface area contributed by atoms with Crippen molar-refractivity contribution < 1.29 is 8.91 Å². The van der Waals surface area contributed by atoms with Gasteiger partial charge in [0.1, 0.15) is 11.5 Å². The van der Waals surface area contributed by atoms with Crippen molar-refractivity contribution in [2.45, 2.75) is 25.9 Å². The van der Waals surface area contributed by atoms with Gasteiger partial charge in [-0.3, -0.25) is 9.89 Å². The quantitative estimate of drug-likeness (QED) is 0.337. The Hall–Kier alpha value is -1.64. The molecular weight excluding hydrogens is 494 g/mol. The molecule has 1 saturated heterocycles. The minimum Gasteiger partial charge on any atom is -0.356 e.